The SMILES string of the molecule is CC(C)NCC1CCCCN1CC(Cl)=CCl. The Hall–Kier alpha value is 0.240. The highest BCUT2D eigenvalue weighted by Gasteiger charge is 2.22. The fraction of sp³-hybridized carbons (Fsp3) is 0.833. The molecule has 0 aromatic heterocycles. The van der Waals surface area contributed by atoms with Crippen molar-refractivity contribution in [3.63, 3.8) is 0 Å². The smallest absolute Gasteiger partial charge is 0.0434 e. The van der Waals surface area contributed by atoms with E-state index in [1.54, 1.807) is 0 Å². The Morgan fingerprint density at radius 3 is 2.88 bits per heavy atom. The van der Waals surface area contributed by atoms with Gasteiger partial charge in [0.15, 0.2) is 0 Å². The van der Waals surface area contributed by atoms with Gasteiger partial charge in [0.25, 0.3) is 0 Å². The minimum atomic E-state index is 0.544. The van der Waals surface area contributed by atoms with Crippen molar-refractivity contribution in [2.24, 2.45) is 0 Å². The molecule has 4 heteroatoms. The zero-order valence-corrected chi connectivity index (χ0v) is 11.7. The second-order valence-corrected chi connectivity index (χ2v) is 5.44. The van der Waals surface area contributed by atoms with E-state index in [4.69, 9.17) is 23.2 Å². The van der Waals surface area contributed by atoms with E-state index in [-0.39, 0.29) is 0 Å². The van der Waals surface area contributed by atoms with Gasteiger partial charge in [0.05, 0.1) is 0 Å². The molecular formula is C12H22Cl2N2. The average molecular weight is 265 g/mol. The lowest BCUT2D eigenvalue weighted by atomic mass is 10.0. The van der Waals surface area contributed by atoms with E-state index in [0.29, 0.717) is 12.1 Å². The number of nitrogens with zero attached hydrogens (tertiary/aromatic N) is 1. The van der Waals surface area contributed by atoms with Crippen LogP contribution in [0.5, 0.6) is 0 Å². The molecule has 0 aromatic rings. The van der Waals surface area contributed by atoms with E-state index in [2.05, 4.69) is 24.1 Å². The largest absolute Gasteiger partial charge is 0.313 e. The maximum Gasteiger partial charge on any atom is 0.0434 e. The van der Waals surface area contributed by atoms with Crippen molar-refractivity contribution in [2.75, 3.05) is 19.6 Å². The summed E-state index contributed by atoms with van der Waals surface area (Å²) >= 11 is 11.6. The van der Waals surface area contributed by atoms with Crippen LogP contribution in [0.25, 0.3) is 0 Å². The van der Waals surface area contributed by atoms with E-state index in [0.717, 1.165) is 24.7 Å². The van der Waals surface area contributed by atoms with Crippen molar-refractivity contribution >= 4 is 23.2 Å². The number of nitrogens with one attached hydrogen (secondary N) is 1. The first-order valence-electron chi connectivity index (χ1n) is 6.05. The van der Waals surface area contributed by atoms with Crippen LogP contribution in [-0.2, 0) is 0 Å². The molecule has 1 saturated heterocycles. The number of likely N-dealkylation sites (tertiary alicyclic amines) is 1. The Bertz CT molecular complexity index is 229. The number of hydrogen-bond acceptors (Lipinski definition) is 2. The molecule has 1 N–H and O–H groups in total. The average Bonchev–Trinajstić information content (AvgIpc) is 2.27. The molecule has 1 rings (SSSR count). The van der Waals surface area contributed by atoms with Crippen LogP contribution in [0.15, 0.2) is 10.6 Å². The monoisotopic (exact) mass is 264 g/mol. The maximum atomic E-state index is 5.99. The molecule has 1 aliphatic rings. The van der Waals surface area contributed by atoms with Gasteiger partial charge in [-0.1, -0.05) is 43.5 Å². The third-order valence-corrected chi connectivity index (χ3v) is 3.59. The van der Waals surface area contributed by atoms with Crippen molar-refractivity contribution in [3.8, 4) is 0 Å². The molecule has 94 valence electrons. The van der Waals surface area contributed by atoms with Gasteiger partial charge >= 0.3 is 0 Å². The second kappa shape index (κ2) is 7.54. The van der Waals surface area contributed by atoms with Gasteiger partial charge in [0.2, 0.25) is 0 Å². The molecule has 1 aliphatic heterocycles. The molecule has 0 aliphatic carbocycles. The highest BCUT2D eigenvalue weighted by Crippen LogP contribution is 2.19. The lowest BCUT2D eigenvalue weighted by Gasteiger charge is -2.36. The summed E-state index contributed by atoms with van der Waals surface area (Å²) in [7, 11) is 0. The minimum absolute atomic E-state index is 0.544. The third kappa shape index (κ3) is 5.05. The number of halogens is 2. The molecule has 0 saturated carbocycles. The highest BCUT2D eigenvalue weighted by atomic mass is 35.5. The molecule has 16 heavy (non-hydrogen) atoms. The zero-order chi connectivity index (χ0) is 12.0. The van der Waals surface area contributed by atoms with Crippen LogP contribution in [0, 0.1) is 0 Å². The molecule has 2 nitrogen and oxygen atoms in total. The maximum absolute atomic E-state index is 5.99. The molecule has 1 heterocycles. The Balaban J connectivity index is 2.43. The quantitative estimate of drug-likeness (QED) is 0.821. The number of hydrogen-bond donors (Lipinski definition) is 1. The summed E-state index contributed by atoms with van der Waals surface area (Å²) in [6.45, 7) is 7.32. The molecule has 0 radical (unpaired) electrons. The minimum Gasteiger partial charge on any atom is -0.313 e. The first-order chi connectivity index (χ1) is 7.63. The van der Waals surface area contributed by atoms with E-state index < -0.39 is 0 Å². The predicted octanol–water partition coefficient (Wildman–Crippen LogP) is 3.16. The molecule has 0 amide bonds. The lowest BCUT2D eigenvalue weighted by molar-refractivity contribution is 0.158. The van der Waals surface area contributed by atoms with Crippen molar-refractivity contribution in [1.29, 1.82) is 0 Å². The Morgan fingerprint density at radius 2 is 2.25 bits per heavy atom. The second-order valence-electron chi connectivity index (χ2n) is 4.74. The normalized spacial score (nSPS) is 24.1. The topological polar surface area (TPSA) is 15.3 Å². The molecule has 0 aromatic carbocycles. The van der Waals surface area contributed by atoms with Gasteiger partial charge in [-0.05, 0) is 19.4 Å². The third-order valence-electron chi connectivity index (χ3n) is 2.98. The van der Waals surface area contributed by atoms with Crippen LogP contribution >= 0.6 is 23.2 Å². The van der Waals surface area contributed by atoms with Crippen molar-refractivity contribution < 1.29 is 0 Å². The molecule has 1 fully saturated rings. The standard InChI is InChI=1S/C12H22Cl2N2/c1-10(2)15-8-12-5-3-4-6-16(12)9-11(14)7-13/h7,10,12,15H,3-6,8-9H2,1-2H3. The summed E-state index contributed by atoms with van der Waals surface area (Å²) in [4.78, 5) is 2.43. The fourth-order valence-corrected chi connectivity index (χ4v) is 2.32. The Labute approximate surface area is 109 Å². The number of piperidine rings is 1. The first kappa shape index (κ1) is 14.3. The van der Waals surface area contributed by atoms with Gasteiger partial charge in [-0.15, -0.1) is 0 Å². The van der Waals surface area contributed by atoms with Crippen LogP contribution in [0.4, 0.5) is 0 Å². The number of rotatable bonds is 5. The molecule has 0 spiro atoms. The van der Waals surface area contributed by atoms with Gasteiger partial charge in [0, 0.05) is 35.7 Å². The van der Waals surface area contributed by atoms with Gasteiger partial charge in [-0.25, -0.2) is 0 Å². The first-order valence-corrected chi connectivity index (χ1v) is 6.87. The van der Waals surface area contributed by atoms with Crippen LogP contribution in [-0.4, -0.2) is 36.6 Å². The van der Waals surface area contributed by atoms with Gasteiger partial charge in [-0.2, -0.15) is 0 Å². The van der Waals surface area contributed by atoms with E-state index in [1.165, 1.54) is 24.8 Å². The Kier molecular flexibility index (Phi) is 6.74. The van der Waals surface area contributed by atoms with Crippen LogP contribution in [0.3, 0.4) is 0 Å². The molecule has 1 atom stereocenters. The van der Waals surface area contributed by atoms with Gasteiger partial charge < -0.3 is 5.32 Å². The van der Waals surface area contributed by atoms with Gasteiger partial charge in [-0.3, -0.25) is 4.90 Å². The van der Waals surface area contributed by atoms with E-state index in [1.807, 2.05) is 0 Å². The molecular weight excluding hydrogens is 243 g/mol. The van der Waals surface area contributed by atoms with Crippen molar-refractivity contribution in [3.05, 3.63) is 10.6 Å². The zero-order valence-electron chi connectivity index (χ0n) is 10.2. The highest BCUT2D eigenvalue weighted by molar-refractivity contribution is 6.36. The molecule has 0 bridgehead atoms. The van der Waals surface area contributed by atoms with Gasteiger partial charge in [0.1, 0.15) is 0 Å². The summed E-state index contributed by atoms with van der Waals surface area (Å²) in [6, 6.07) is 1.14. The van der Waals surface area contributed by atoms with E-state index >= 15 is 0 Å². The summed E-state index contributed by atoms with van der Waals surface area (Å²) in [5.74, 6) is 0. The van der Waals surface area contributed by atoms with Crippen molar-refractivity contribution in [1.82, 2.24) is 10.2 Å². The van der Waals surface area contributed by atoms with E-state index in [9.17, 15) is 0 Å². The molecule has 1 unspecified atom stereocenters. The van der Waals surface area contributed by atoms with Crippen molar-refractivity contribution in [2.45, 2.75) is 45.2 Å². The summed E-state index contributed by atoms with van der Waals surface area (Å²) in [5.41, 5.74) is 1.48. The summed E-state index contributed by atoms with van der Waals surface area (Å²) < 4.78 is 0. The lowest BCUT2D eigenvalue weighted by Crippen LogP contribution is -2.47. The predicted molar refractivity (Wildman–Crippen MR) is 72.1 cm³/mol. The van der Waals surface area contributed by atoms with Crippen LogP contribution in [0.2, 0.25) is 0 Å². The Morgan fingerprint density at radius 1 is 1.50 bits per heavy atom. The fourth-order valence-electron chi connectivity index (χ4n) is 2.10. The summed E-state index contributed by atoms with van der Waals surface area (Å²) in [5, 5.41) is 4.23. The van der Waals surface area contributed by atoms with Crippen LogP contribution in [0.1, 0.15) is 33.1 Å². The van der Waals surface area contributed by atoms with Crippen LogP contribution < -0.4 is 5.32 Å². The summed E-state index contributed by atoms with van der Waals surface area (Å²) in [6.07, 6.45) is 3.85.